The summed E-state index contributed by atoms with van der Waals surface area (Å²) in [5.74, 6) is 0.0869. The SMILES string of the molecule is CCOCCOc1ccccc1NC(=O)C(C)Oc1ccccc1[N+](=O)[O-]. The zero-order valence-corrected chi connectivity index (χ0v) is 15.2. The maximum Gasteiger partial charge on any atom is 0.310 e. The van der Waals surface area contributed by atoms with Gasteiger partial charge in [0.1, 0.15) is 12.4 Å². The number of nitrogens with zero attached hydrogens (tertiary/aromatic N) is 1. The molecule has 0 spiro atoms. The number of hydrogen-bond donors (Lipinski definition) is 1. The van der Waals surface area contributed by atoms with Crippen molar-refractivity contribution in [2.75, 3.05) is 25.1 Å². The second-order valence-corrected chi connectivity index (χ2v) is 5.52. The van der Waals surface area contributed by atoms with Crippen LogP contribution in [0.2, 0.25) is 0 Å². The first-order chi connectivity index (χ1) is 13.0. The molecule has 0 radical (unpaired) electrons. The Morgan fingerprint density at radius 2 is 1.78 bits per heavy atom. The van der Waals surface area contributed by atoms with Crippen molar-refractivity contribution in [3.63, 3.8) is 0 Å². The summed E-state index contributed by atoms with van der Waals surface area (Å²) in [6.45, 7) is 4.80. The molecule has 27 heavy (non-hydrogen) atoms. The van der Waals surface area contributed by atoms with E-state index in [2.05, 4.69) is 5.32 Å². The van der Waals surface area contributed by atoms with Crippen molar-refractivity contribution in [3.05, 3.63) is 58.6 Å². The molecule has 0 aliphatic carbocycles. The van der Waals surface area contributed by atoms with E-state index >= 15 is 0 Å². The number of amides is 1. The number of carbonyl (C=O) groups excluding carboxylic acids is 1. The average molecular weight is 374 g/mol. The molecule has 1 unspecified atom stereocenters. The molecular formula is C19H22N2O6. The van der Waals surface area contributed by atoms with Crippen LogP contribution in [0.25, 0.3) is 0 Å². The van der Waals surface area contributed by atoms with Crippen LogP contribution in [0.1, 0.15) is 13.8 Å². The zero-order chi connectivity index (χ0) is 19.6. The van der Waals surface area contributed by atoms with Crippen LogP contribution >= 0.6 is 0 Å². The quantitative estimate of drug-likeness (QED) is 0.389. The van der Waals surface area contributed by atoms with Crippen LogP contribution in [0.5, 0.6) is 11.5 Å². The number of hydrogen-bond acceptors (Lipinski definition) is 6. The third-order valence-electron chi connectivity index (χ3n) is 3.57. The number of nitro benzene ring substituents is 1. The average Bonchev–Trinajstić information content (AvgIpc) is 2.66. The third kappa shape index (κ3) is 5.96. The van der Waals surface area contributed by atoms with Crippen LogP contribution in [0.3, 0.4) is 0 Å². The van der Waals surface area contributed by atoms with E-state index in [-0.39, 0.29) is 11.4 Å². The van der Waals surface area contributed by atoms with Gasteiger partial charge in [0.15, 0.2) is 11.9 Å². The van der Waals surface area contributed by atoms with Gasteiger partial charge in [0.2, 0.25) is 0 Å². The van der Waals surface area contributed by atoms with Gasteiger partial charge in [0.05, 0.1) is 17.2 Å². The normalized spacial score (nSPS) is 11.5. The Bertz CT molecular complexity index is 780. The highest BCUT2D eigenvalue weighted by Crippen LogP contribution is 2.28. The van der Waals surface area contributed by atoms with Crippen molar-refractivity contribution in [2.24, 2.45) is 0 Å². The summed E-state index contributed by atoms with van der Waals surface area (Å²) in [5, 5.41) is 13.8. The highest BCUT2D eigenvalue weighted by molar-refractivity contribution is 5.95. The number of nitro groups is 1. The Kier molecular flexibility index (Phi) is 7.57. The molecule has 0 saturated carbocycles. The fourth-order valence-corrected chi connectivity index (χ4v) is 2.24. The molecule has 8 nitrogen and oxygen atoms in total. The Hall–Kier alpha value is -3.13. The molecule has 1 amide bonds. The number of anilines is 1. The smallest absolute Gasteiger partial charge is 0.310 e. The molecule has 2 aromatic rings. The van der Waals surface area contributed by atoms with Crippen molar-refractivity contribution in [3.8, 4) is 11.5 Å². The minimum absolute atomic E-state index is 0.0337. The van der Waals surface area contributed by atoms with Crippen molar-refractivity contribution < 1.29 is 23.9 Å². The summed E-state index contributed by atoms with van der Waals surface area (Å²) in [6.07, 6.45) is -0.942. The molecular weight excluding hydrogens is 352 g/mol. The van der Waals surface area contributed by atoms with Gasteiger partial charge < -0.3 is 19.5 Å². The molecule has 8 heteroatoms. The number of ether oxygens (including phenoxy) is 3. The van der Waals surface area contributed by atoms with E-state index in [0.29, 0.717) is 31.3 Å². The van der Waals surface area contributed by atoms with Crippen LogP contribution in [-0.2, 0) is 9.53 Å². The fraction of sp³-hybridized carbons (Fsp3) is 0.316. The highest BCUT2D eigenvalue weighted by Gasteiger charge is 2.21. The second kappa shape index (κ2) is 10.1. The van der Waals surface area contributed by atoms with Crippen LogP contribution in [0.4, 0.5) is 11.4 Å². The lowest BCUT2D eigenvalue weighted by Gasteiger charge is -2.16. The van der Waals surface area contributed by atoms with Crippen LogP contribution in [0.15, 0.2) is 48.5 Å². The van der Waals surface area contributed by atoms with E-state index in [0.717, 1.165) is 0 Å². The molecule has 144 valence electrons. The standard InChI is InChI=1S/C19H22N2O6/c1-3-25-12-13-26-17-10-6-4-8-15(17)20-19(22)14(2)27-18-11-7-5-9-16(18)21(23)24/h4-11,14H,3,12-13H2,1-2H3,(H,20,22). The van der Waals surface area contributed by atoms with Crippen LogP contribution in [-0.4, -0.2) is 36.8 Å². The molecule has 0 bridgehead atoms. The van der Waals surface area contributed by atoms with Gasteiger partial charge >= 0.3 is 5.69 Å². The predicted octanol–water partition coefficient (Wildman–Crippen LogP) is 3.42. The summed E-state index contributed by atoms with van der Waals surface area (Å²) in [7, 11) is 0. The molecule has 0 heterocycles. The molecule has 0 fully saturated rings. The highest BCUT2D eigenvalue weighted by atomic mass is 16.6. The van der Waals surface area contributed by atoms with Crippen molar-refractivity contribution in [1.29, 1.82) is 0 Å². The number of para-hydroxylation sites is 4. The minimum atomic E-state index is -0.942. The lowest BCUT2D eigenvalue weighted by Crippen LogP contribution is -2.30. The van der Waals surface area contributed by atoms with Gasteiger partial charge in [-0.25, -0.2) is 0 Å². The summed E-state index contributed by atoms with van der Waals surface area (Å²) in [5.41, 5.74) is 0.286. The zero-order valence-electron chi connectivity index (χ0n) is 15.2. The lowest BCUT2D eigenvalue weighted by atomic mass is 10.2. The fourth-order valence-electron chi connectivity index (χ4n) is 2.24. The largest absolute Gasteiger partial charge is 0.489 e. The Morgan fingerprint density at radius 3 is 2.48 bits per heavy atom. The van der Waals surface area contributed by atoms with Crippen molar-refractivity contribution in [1.82, 2.24) is 0 Å². The first kappa shape index (κ1) is 20.2. The molecule has 0 aliphatic rings. The van der Waals surface area contributed by atoms with Gasteiger partial charge in [-0.1, -0.05) is 24.3 Å². The van der Waals surface area contributed by atoms with Gasteiger partial charge in [0.25, 0.3) is 5.91 Å². The molecule has 2 rings (SSSR count). The number of carbonyl (C=O) groups is 1. The number of nitrogens with one attached hydrogen (secondary N) is 1. The third-order valence-corrected chi connectivity index (χ3v) is 3.57. The van der Waals surface area contributed by atoms with Gasteiger partial charge in [-0.2, -0.15) is 0 Å². The first-order valence-corrected chi connectivity index (χ1v) is 8.53. The van der Waals surface area contributed by atoms with Gasteiger partial charge in [-0.15, -0.1) is 0 Å². The molecule has 2 aromatic carbocycles. The molecule has 1 atom stereocenters. The molecule has 0 aliphatic heterocycles. The van der Waals surface area contributed by atoms with Crippen LogP contribution in [0, 0.1) is 10.1 Å². The van der Waals surface area contributed by atoms with E-state index in [9.17, 15) is 14.9 Å². The topological polar surface area (TPSA) is 99.9 Å². The summed E-state index contributed by atoms with van der Waals surface area (Å²) < 4.78 is 16.3. The first-order valence-electron chi connectivity index (χ1n) is 8.53. The Morgan fingerprint density at radius 1 is 1.11 bits per heavy atom. The molecule has 1 N–H and O–H groups in total. The summed E-state index contributed by atoms with van der Waals surface area (Å²) >= 11 is 0. The Balaban J connectivity index is 2.02. The number of rotatable bonds is 10. The van der Waals surface area contributed by atoms with E-state index < -0.39 is 16.9 Å². The van der Waals surface area contributed by atoms with Gasteiger partial charge in [-0.3, -0.25) is 14.9 Å². The van der Waals surface area contributed by atoms with Crippen LogP contribution < -0.4 is 14.8 Å². The monoisotopic (exact) mass is 374 g/mol. The van der Waals surface area contributed by atoms with Gasteiger partial charge in [-0.05, 0) is 32.0 Å². The van der Waals surface area contributed by atoms with E-state index in [4.69, 9.17) is 14.2 Å². The predicted molar refractivity (Wildman–Crippen MR) is 100 cm³/mol. The van der Waals surface area contributed by atoms with E-state index in [1.54, 1.807) is 30.3 Å². The lowest BCUT2D eigenvalue weighted by molar-refractivity contribution is -0.386. The maximum atomic E-state index is 12.4. The summed E-state index contributed by atoms with van der Waals surface area (Å²) in [6, 6.07) is 12.9. The second-order valence-electron chi connectivity index (χ2n) is 5.52. The van der Waals surface area contributed by atoms with E-state index in [1.807, 2.05) is 6.92 Å². The van der Waals surface area contributed by atoms with Gasteiger partial charge in [0, 0.05) is 12.7 Å². The summed E-state index contributed by atoms with van der Waals surface area (Å²) in [4.78, 5) is 22.9. The van der Waals surface area contributed by atoms with Crippen molar-refractivity contribution in [2.45, 2.75) is 20.0 Å². The minimum Gasteiger partial charge on any atom is -0.489 e. The maximum absolute atomic E-state index is 12.4. The van der Waals surface area contributed by atoms with E-state index in [1.165, 1.54) is 25.1 Å². The number of benzene rings is 2. The molecule has 0 saturated heterocycles. The Labute approximate surface area is 157 Å². The molecule has 0 aromatic heterocycles. The van der Waals surface area contributed by atoms with Crippen molar-refractivity contribution >= 4 is 17.3 Å².